The summed E-state index contributed by atoms with van der Waals surface area (Å²) in [5.41, 5.74) is 1.84. The molecule has 2 aromatic rings. The predicted octanol–water partition coefficient (Wildman–Crippen LogP) is 3.82. The van der Waals surface area contributed by atoms with Crippen LogP contribution in [-0.2, 0) is 0 Å². The number of hydrogen-bond acceptors (Lipinski definition) is 4. The number of thiazole rings is 1. The van der Waals surface area contributed by atoms with Gasteiger partial charge in [-0.3, -0.25) is 4.79 Å². The first kappa shape index (κ1) is 12.3. The van der Waals surface area contributed by atoms with Gasteiger partial charge in [-0.25, -0.2) is 4.98 Å². The van der Waals surface area contributed by atoms with Crippen LogP contribution in [0.25, 0.3) is 0 Å². The summed E-state index contributed by atoms with van der Waals surface area (Å²) in [5, 5.41) is 2.03. The molecular formula is C13H13NOS2. The Hall–Kier alpha value is -1.13. The maximum absolute atomic E-state index is 11.8. The molecule has 0 spiro atoms. The van der Waals surface area contributed by atoms with Crippen LogP contribution in [-0.4, -0.2) is 16.5 Å². The van der Waals surface area contributed by atoms with Crippen LogP contribution in [0.3, 0.4) is 0 Å². The van der Waals surface area contributed by atoms with Crippen LogP contribution in [0.15, 0.2) is 40.1 Å². The number of thioether (sulfide) groups is 1. The first-order chi connectivity index (χ1) is 8.25. The smallest absolute Gasteiger partial charge is 0.163 e. The Balaban J connectivity index is 1.81. The van der Waals surface area contributed by atoms with Crippen molar-refractivity contribution in [3.8, 4) is 0 Å². The van der Waals surface area contributed by atoms with Crippen LogP contribution in [0, 0.1) is 6.92 Å². The molecule has 0 N–H and O–H groups in total. The van der Waals surface area contributed by atoms with Crippen LogP contribution in [0.5, 0.6) is 0 Å². The molecule has 88 valence electrons. The summed E-state index contributed by atoms with van der Waals surface area (Å²) in [4.78, 5) is 16.2. The number of carbonyl (C=O) groups is 1. The fourth-order valence-corrected chi connectivity index (χ4v) is 3.26. The van der Waals surface area contributed by atoms with Gasteiger partial charge in [0.1, 0.15) is 4.34 Å². The normalized spacial score (nSPS) is 10.4. The summed E-state index contributed by atoms with van der Waals surface area (Å²) < 4.78 is 1.04. The summed E-state index contributed by atoms with van der Waals surface area (Å²) in [7, 11) is 0. The SMILES string of the molecule is Cc1csc(SCCC(=O)c2ccccc2)n1. The lowest BCUT2D eigenvalue weighted by atomic mass is 10.1. The Kier molecular flexibility index (Phi) is 4.34. The van der Waals surface area contributed by atoms with Crippen molar-refractivity contribution in [2.75, 3.05) is 5.75 Å². The standard InChI is InChI=1S/C13H13NOS2/c1-10-9-17-13(14-10)16-8-7-12(15)11-5-3-2-4-6-11/h2-6,9H,7-8H2,1H3. The maximum Gasteiger partial charge on any atom is 0.163 e. The van der Waals surface area contributed by atoms with Gasteiger partial charge in [-0.1, -0.05) is 42.1 Å². The molecule has 0 aliphatic rings. The molecule has 0 aliphatic heterocycles. The van der Waals surface area contributed by atoms with Gasteiger partial charge in [0.2, 0.25) is 0 Å². The third kappa shape index (κ3) is 3.68. The van der Waals surface area contributed by atoms with Crippen molar-refractivity contribution < 1.29 is 4.79 Å². The minimum atomic E-state index is 0.200. The molecule has 0 atom stereocenters. The van der Waals surface area contributed by atoms with E-state index >= 15 is 0 Å². The van der Waals surface area contributed by atoms with Gasteiger partial charge < -0.3 is 0 Å². The molecule has 0 aliphatic carbocycles. The van der Waals surface area contributed by atoms with Gasteiger partial charge in [-0.05, 0) is 6.92 Å². The summed E-state index contributed by atoms with van der Waals surface area (Å²) in [6.07, 6.45) is 0.563. The molecule has 1 aromatic heterocycles. The van der Waals surface area contributed by atoms with Crippen molar-refractivity contribution in [1.82, 2.24) is 4.98 Å². The molecule has 4 heteroatoms. The Morgan fingerprint density at radius 3 is 2.76 bits per heavy atom. The van der Waals surface area contributed by atoms with Crippen LogP contribution in [0.1, 0.15) is 22.5 Å². The van der Waals surface area contributed by atoms with Crippen molar-refractivity contribution in [1.29, 1.82) is 0 Å². The van der Waals surface area contributed by atoms with Crippen molar-refractivity contribution in [3.05, 3.63) is 47.0 Å². The number of rotatable bonds is 5. The summed E-state index contributed by atoms with van der Waals surface area (Å²) >= 11 is 3.29. The van der Waals surface area contributed by atoms with E-state index in [0.29, 0.717) is 6.42 Å². The molecule has 2 nitrogen and oxygen atoms in total. The average Bonchev–Trinajstić information content (AvgIpc) is 2.76. The number of hydrogen-bond donors (Lipinski definition) is 0. The maximum atomic E-state index is 11.8. The lowest BCUT2D eigenvalue weighted by Gasteiger charge is -1.99. The van der Waals surface area contributed by atoms with Gasteiger partial charge in [0.25, 0.3) is 0 Å². The van der Waals surface area contributed by atoms with Gasteiger partial charge in [-0.15, -0.1) is 11.3 Å². The largest absolute Gasteiger partial charge is 0.294 e. The Morgan fingerprint density at radius 2 is 2.12 bits per heavy atom. The van der Waals surface area contributed by atoms with E-state index in [0.717, 1.165) is 21.3 Å². The number of Topliss-reactive ketones (excluding diaryl/α,β-unsaturated/α-hetero) is 1. The molecule has 1 aromatic carbocycles. The number of carbonyl (C=O) groups excluding carboxylic acids is 1. The van der Waals surface area contributed by atoms with E-state index in [1.807, 2.05) is 42.6 Å². The highest BCUT2D eigenvalue weighted by Gasteiger charge is 2.06. The van der Waals surface area contributed by atoms with Gasteiger partial charge in [0.15, 0.2) is 5.78 Å². The van der Waals surface area contributed by atoms with Crippen molar-refractivity contribution in [3.63, 3.8) is 0 Å². The second-order valence-corrected chi connectivity index (χ2v) is 5.84. The number of aromatic nitrogens is 1. The molecule has 1 heterocycles. The third-order valence-electron chi connectivity index (χ3n) is 2.25. The number of nitrogens with zero attached hydrogens (tertiary/aromatic N) is 1. The van der Waals surface area contributed by atoms with Crippen LogP contribution in [0.2, 0.25) is 0 Å². The molecule has 0 saturated heterocycles. The van der Waals surface area contributed by atoms with Crippen LogP contribution in [0.4, 0.5) is 0 Å². The second-order valence-electron chi connectivity index (χ2n) is 3.64. The van der Waals surface area contributed by atoms with Crippen LogP contribution >= 0.6 is 23.1 Å². The summed E-state index contributed by atoms with van der Waals surface area (Å²) in [6.45, 7) is 1.98. The molecule has 0 fully saturated rings. The highest BCUT2D eigenvalue weighted by molar-refractivity contribution is 8.01. The quantitative estimate of drug-likeness (QED) is 0.607. The van der Waals surface area contributed by atoms with E-state index in [2.05, 4.69) is 4.98 Å². The predicted molar refractivity (Wildman–Crippen MR) is 73.0 cm³/mol. The van der Waals surface area contributed by atoms with Crippen LogP contribution < -0.4 is 0 Å². The first-order valence-corrected chi connectivity index (χ1v) is 7.25. The molecule has 17 heavy (non-hydrogen) atoms. The molecular weight excluding hydrogens is 250 g/mol. The fraction of sp³-hybridized carbons (Fsp3) is 0.231. The minimum Gasteiger partial charge on any atom is -0.294 e. The second kappa shape index (κ2) is 5.98. The molecule has 0 radical (unpaired) electrons. The summed E-state index contributed by atoms with van der Waals surface area (Å²) in [6, 6.07) is 9.43. The van der Waals surface area contributed by atoms with E-state index < -0.39 is 0 Å². The van der Waals surface area contributed by atoms with E-state index in [9.17, 15) is 4.79 Å². The molecule has 0 bridgehead atoms. The lowest BCUT2D eigenvalue weighted by Crippen LogP contribution is -1.99. The molecule has 2 rings (SSSR count). The van der Waals surface area contributed by atoms with E-state index in [1.54, 1.807) is 23.1 Å². The fourth-order valence-electron chi connectivity index (χ4n) is 1.40. The topological polar surface area (TPSA) is 30.0 Å². The number of benzene rings is 1. The number of ketones is 1. The Morgan fingerprint density at radius 1 is 1.35 bits per heavy atom. The molecule has 0 saturated carbocycles. The van der Waals surface area contributed by atoms with E-state index in [1.165, 1.54) is 0 Å². The Bertz CT molecular complexity index is 493. The van der Waals surface area contributed by atoms with E-state index in [-0.39, 0.29) is 5.78 Å². The minimum absolute atomic E-state index is 0.200. The molecule has 0 unspecified atom stereocenters. The van der Waals surface area contributed by atoms with Gasteiger partial charge in [0, 0.05) is 28.8 Å². The van der Waals surface area contributed by atoms with Crippen molar-refractivity contribution in [2.24, 2.45) is 0 Å². The Labute approximate surface area is 109 Å². The third-order valence-corrected chi connectivity index (χ3v) is 4.39. The zero-order valence-corrected chi connectivity index (χ0v) is 11.2. The van der Waals surface area contributed by atoms with Gasteiger partial charge in [-0.2, -0.15) is 0 Å². The average molecular weight is 263 g/mol. The highest BCUT2D eigenvalue weighted by atomic mass is 32.2. The monoisotopic (exact) mass is 263 g/mol. The zero-order chi connectivity index (χ0) is 12.1. The van der Waals surface area contributed by atoms with E-state index in [4.69, 9.17) is 0 Å². The lowest BCUT2D eigenvalue weighted by molar-refractivity contribution is 0.0989. The summed E-state index contributed by atoms with van der Waals surface area (Å²) in [5.74, 6) is 0.993. The van der Waals surface area contributed by atoms with Gasteiger partial charge >= 0.3 is 0 Å². The van der Waals surface area contributed by atoms with Crippen molar-refractivity contribution in [2.45, 2.75) is 17.7 Å². The first-order valence-electron chi connectivity index (χ1n) is 5.39. The van der Waals surface area contributed by atoms with Gasteiger partial charge in [0.05, 0.1) is 0 Å². The highest BCUT2D eigenvalue weighted by Crippen LogP contribution is 2.23. The van der Waals surface area contributed by atoms with Crippen molar-refractivity contribution >= 4 is 28.9 Å². The number of aryl methyl sites for hydroxylation is 1. The molecule has 0 amide bonds. The zero-order valence-electron chi connectivity index (χ0n) is 9.55.